The van der Waals surface area contributed by atoms with Crippen LogP contribution in [0.3, 0.4) is 0 Å². The Kier molecular flexibility index (Phi) is 5.23. The van der Waals surface area contributed by atoms with Crippen LogP contribution in [0.25, 0.3) is 11.3 Å². The molecule has 27 heavy (non-hydrogen) atoms. The lowest BCUT2D eigenvalue weighted by molar-refractivity contribution is 0.0693. The van der Waals surface area contributed by atoms with Crippen molar-refractivity contribution in [1.82, 2.24) is 4.98 Å². The Balaban J connectivity index is 2.08. The minimum absolute atomic E-state index is 0.0108. The highest BCUT2D eigenvalue weighted by molar-refractivity contribution is 6.32. The van der Waals surface area contributed by atoms with Gasteiger partial charge in [0.05, 0.1) is 17.8 Å². The van der Waals surface area contributed by atoms with Gasteiger partial charge < -0.3 is 14.6 Å². The Labute approximate surface area is 157 Å². The van der Waals surface area contributed by atoms with Crippen molar-refractivity contribution < 1.29 is 28.2 Å². The number of aromatic nitrogens is 1. The Bertz CT molecular complexity index is 1030. The van der Waals surface area contributed by atoms with Crippen LogP contribution >= 0.6 is 11.6 Å². The smallest absolute Gasteiger partial charge is 0.341 e. The third kappa shape index (κ3) is 3.83. The molecule has 0 radical (unpaired) electrons. The number of methoxy groups -OCH3 is 1. The predicted molar refractivity (Wildman–Crippen MR) is 94.6 cm³/mol. The number of carboxylic acid groups (broad SMARTS) is 1. The average molecular weight is 392 g/mol. The summed E-state index contributed by atoms with van der Waals surface area (Å²) >= 11 is 6.12. The van der Waals surface area contributed by atoms with Crippen molar-refractivity contribution >= 4 is 17.6 Å². The molecule has 5 nitrogen and oxygen atoms in total. The van der Waals surface area contributed by atoms with Gasteiger partial charge in [0, 0.05) is 23.9 Å². The second-order valence-electron chi connectivity index (χ2n) is 5.37. The lowest BCUT2D eigenvalue weighted by atomic mass is 10.1. The number of hydrogen-bond donors (Lipinski definition) is 1. The van der Waals surface area contributed by atoms with Crippen molar-refractivity contribution in [1.29, 1.82) is 0 Å². The van der Waals surface area contributed by atoms with E-state index in [0.717, 1.165) is 12.3 Å². The van der Waals surface area contributed by atoms with Crippen molar-refractivity contribution in [2.75, 3.05) is 7.11 Å². The van der Waals surface area contributed by atoms with Gasteiger partial charge in [-0.3, -0.25) is 4.98 Å². The number of hydrogen-bond acceptors (Lipinski definition) is 4. The van der Waals surface area contributed by atoms with Crippen molar-refractivity contribution in [3.05, 3.63) is 70.9 Å². The monoisotopic (exact) mass is 391 g/mol. The lowest BCUT2D eigenvalue weighted by Gasteiger charge is -2.12. The van der Waals surface area contributed by atoms with Crippen LogP contribution in [0.1, 0.15) is 10.4 Å². The molecule has 0 fully saturated rings. The van der Waals surface area contributed by atoms with Gasteiger partial charge in [-0.2, -0.15) is 0 Å². The molecule has 0 aliphatic carbocycles. The Morgan fingerprint density at radius 2 is 1.93 bits per heavy atom. The zero-order chi connectivity index (χ0) is 19.6. The second kappa shape index (κ2) is 7.59. The molecule has 0 aliphatic heterocycles. The highest BCUT2D eigenvalue weighted by atomic mass is 35.5. The summed E-state index contributed by atoms with van der Waals surface area (Å²) in [6, 6.07) is 9.39. The number of pyridine rings is 1. The van der Waals surface area contributed by atoms with E-state index in [1.807, 2.05) is 0 Å². The Morgan fingerprint density at radius 1 is 1.15 bits per heavy atom. The molecule has 3 aromatic rings. The number of rotatable bonds is 5. The third-order valence-corrected chi connectivity index (χ3v) is 3.98. The van der Waals surface area contributed by atoms with Crippen LogP contribution in [0.5, 0.6) is 17.2 Å². The molecule has 2 aromatic carbocycles. The average Bonchev–Trinajstić information content (AvgIpc) is 2.65. The summed E-state index contributed by atoms with van der Waals surface area (Å²) in [5.41, 5.74) is -0.378. The number of halogens is 3. The maximum absolute atomic E-state index is 14.0. The molecule has 0 saturated carbocycles. The summed E-state index contributed by atoms with van der Waals surface area (Å²) in [6.45, 7) is 0. The molecule has 1 aromatic heterocycles. The van der Waals surface area contributed by atoms with Gasteiger partial charge in [-0.25, -0.2) is 13.6 Å². The summed E-state index contributed by atoms with van der Waals surface area (Å²) < 4.78 is 38.2. The largest absolute Gasteiger partial charge is 0.497 e. The summed E-state index contributed by atoms with van der Waals surface area (Å²) in [7, 11) is 1.47. The molecule has 138 valence electrons. The van der Waals surface area contributed by atoms with Gasteiger partial charge in [0.15, 0.2) is 11.6 Å². The minimum Gasteiger partial charge on any atom is -0.497 e. The predicted octanol–water partition coefficient (Wildman–Crippen LogP) is 5.18. The van der Waals surface area contributed by atoms with Gasteiger partial charge in [0.2, 0.25) is 0 Å². The van der Waals surface area contributed by atoms with E-state index in [9.17, 15) is 18.7 Å². The third-order valence-electron chi connectivity index (χ3n) is 3.68. The number of benzene rings is 2. The number of ether oxygens (including phenoxy) is 2. The van der Waals surface area contributed by atoms with E-state index in [1.165, 1.54) is 37.4 Å². The zero-order valence-electron chi connectivity index (χ0n) is 13.9. The normalized spacial score (nSPS) is 10.5. The fraction of sp³-hybridized carbons (Fsp3) is 0.0526. The first-order valence-electron chi connectivity index (χ1n) is 7.60. The first kappa shape index (κ1) is 18.6. The van der Waals surface area contributed by atoms with Gasteiger partial charge in [0.1, 0.15) is 22.8 Å². The van der Waals surface area contributed by atoms with Crippen LogP contribution in [0.15, 0.2) is 48.7 Å². The number of nitrogens with zero attached hydrogens (tertiary/aromatic N) is 1. The molecular weight excluding hydrogens is 380 g/mol. The summed E-state index contributed by atoms with van der Waals surface area (Å²) in [4.78, 5) is 15.4. The van der Waals surface area contributed by atoms with Crippen molar-refractivity contribution in [3.63, 3.8) is 0 Å². The van der Waals surface area contributed by atoms with Crippen LogP contribution in [0.2, 0.25) is 5.02 Å². The van der Waals surface area contributed by atoms with Crippen molar-refractivity contribution in [3.8, 4) is 28.5 Å². The van der Waals surface area contributed by atoms with Gasteiger partial charge in [-0.05, 0) is 24.3 Å². The number of carbonyl (C=O) groups is 1. The van der Waals surface area contributed by atoms with E-state index in [2.05, 4.69) is 4.98 Å². The van der Waals surface area contributed by atoms with Gasteiger partial charge >= 0.3 is 5.97 Å². The standard InChI is InChI=1S/C19H12ClF2NO4/c1-26-10-5-6-16(13(20)7-10)27-17-8-15(23-9-12(17)19(24)25)11-3-2-4-14(21)18(11)22/h2-9H,1H3,(H,24,25). The second-order valence-corrected chi connectivity index (χ2v) is 5.78. The maximum atomic E-state index is 14.0. The topological polar surface area (TPSA) is 68.7 Å². The van der Waals surface area contributed by atoms with Crippen molar-refractivity contribution in [2.24, 2.45) is 0 Å². The molecular formula is C19H12ClF2NO4. The fourth-order valence-electron chi connectivity index (χ4n) is 2.34. The molecule has 0 spiro atoms. The highest BCUT2D eigenvalue weighted by Crippen LogP contribution is 2.35. The van der Waals surface area contributed by atoms with E-state index in [1.54, 1.807) is 6.07 Å². The van der Waals surface area contributed by atoms with E-state index in [0.29, 0.717) is 5.75 Å². The molecule has 0 atom stereocenters. The molecule has 0 amide bonds. The Morgan fingerprint density at radius 3 is 2.59 bits per heavy atom. The van der Waals surface area contributed by atoms with E-state index < -0.39 is 17.6 Å². The number of aromatic carboxylic acids is 1. The highest BCUT2D eigenvalue weighted by Gasteiger charge is 2.18. The molecule has 3 rings (SSSR count). The summed E-state index contributed by atoms with van der Waals surface area (Å²) in [5.74, 6) is -2.91. The molecule has 0 unspecified atom stereocenters. The van der Waals surface area contributed by atoms with E-state index >= 15 is 0 Å². The summed E-state index contributed by atoms with van der Waals surface area (Å²) in [5, 5.41) is 9.53. The SMILES string of the molecule is COc1ccc(Oc2cc(-c3cccc(F)c3F)ncc2C(=O)O)c(Cl)c1. The molecule has 8 heteroatoms. The molecule has 1 N–H and O–H groups in total. The quantitative estimate of drug-likeness (QED) is 0.649. The lowest BCUT2D eigenvalue weighted by Crippen LogP contribution is -2.03. The van der Waals surface area contributed by atoms with Crippen LogP contribution in [-0.4, -0.2) is 23.2 Å². The zero-order valence-corrected chi connectivity index (χ0v) is 14.6. The van der Waals surface area contributed by atoms with E-state index in [4.69, 9.17) is 21.1 Å². The minimum atomic E-state index is -1.30. The Hall–Kier alpha value is -3.19. The first-order valence-corrected chi connectivity index (χ1v) is 7.97. The molecule has 0 bridgehead atoms. The molecule has 0 saturated heterocycles. The number of carboxylic acids is 1. The van der Waals surface area contributed by atoms with Crippen LogP contribution in [0, 0.1) is 11.6 Å². The molecule has 1 heterocycles. The van der Waals surface area contributed by atoms with E-state index in [-0.39, 0.29) is 33.3 Å². The van der Waals surface area contributed by atoms with Crippen LogP contribution < -0.4 is 9.47 Å². The van der Waals surface area contributed by atoms with Crippen molar-refractivity contribution in [2.45, 2.75) is 0 Å². The first-order chi connectivity index (χ1) is 12.9. The van der Waals surface area contributed by atoms with Gasteiger partial charge in [-0.1, -0.05) is 17.7 Å². The van der Waals surface area contributed by atoms with Crippen LogP contribution in [0.4, 0.5) is 8.78 Å². The maximum Gasteiger partial charge on any atom is 0.341 e. The molecule has 0 aliphatic rings. The summed E-state index contributed by atoms with van der Waals surface area (Å²) in [6.07, 6.45) is 1.01. The van der Waals surface area contributed by atoms with Gasteiger partial charge in [0.25, 0.3) is 0 Å². The van der Waals surface area contributed by atoms with Crippen LogP contribution in [-0.2, 0) is 0 Å². The van der Waals surface area contributed by atoms with Gasteiger partial charge in [-0.15, -0.1) is 0 Å². The fourth-order valence-corrected chi connectivity index (χ4v) is 2.55.